The van der Waals surface area contributed by atoms with Gasteiger partial charge in [-0.3, -0.25) is 10.3 Å². The van der Waals surface area contributed by atoms with Gasteiger partial charge < -0.3 is 5.32 Å². The summed E-state index contributed by atoms with van der Waals surface area (Å²) in [6.45, 7) is 0. The third-order valence-electron chi connectivity index (χ3n) is 3.30. The van der Waals surface area contributed by atoms with E-state index in [0.717, 1.165) is 11.3 Å². The van der Waals surface area contributed by atoms with E-state index in [1.54, 1.807) is 24.5 Å². The van der Waals surface area contributed by atoms with Crippen LogP contribution in [0.1, 0.15) is 17.3 Å². The van der Waals surface area contributed by atoms with E-state index in [2.05, 4.69) is 20.6 Å². The van der Waals surface area contributed by atoms with Crippen molar-refractivity contribution in [3.05, 3.63) is 90.4 Å². The van der Waals surface area contributed by atoms with Crippen LogP contribution in [0.3, 0.4) is 0 Å². The molecule has 1 atom stereocenters. The van der Waals surface area contributed by atoms with Crippen molar-refractivity contribution in [2.75, 3.05) is 5.32 Å². The number of benzene rings is 1. The normalized spacial score (nSPS) is 11.5. The second kappa shape index (κ2) is 7.17. The Hall–Kier alpha value is -3.21. The summed E-state index contributed by atoms with van der Waals surface area (Å²) in [4.78, 5) is 20.7. The minimum atomic E-state index is -0.332. The predicted octanol–water partition coefficient (Wildman–Crippen LogP) is 3.39. The third-order valence-corrected chi connectivity index (χ3v) is 3.30. The molecule has 5 heteroatoms. The van der Waals surface area contributed by atoms with Gasteiger partial charge in [-0.25, -0.2) is 9.78 Å². The van der Waals surface area contributed by atoms with Crippen LogP contribution in [0.25, 0.3) is 0 Å². The minimum Gasteiger partial charge on any atom is -0.325 e. The van der Waals surface area contributed by atoms with Crippen LogP contribution in [-0.2, 0) is 0 Å². The number of hydrogen-bond donors (Lipinski definition) is 2. The highest BCUT2D eigenvalue weighted by molar-refractivity contribution is 5.88. The molecule has 0 radical (unpaired) electrons. The predicted molar refractivity (Wildman–Crippen MR) is 88.9 cm³/mol. The number of aromatic nitrogens is 2. The monoisotopic (exact) mass is 304 g/mol. The molecular weight excluding hydrogens is 288 g/mol. The van der Waals surface area contributed by atoms with Gasteiger partial charge in [0.2, 0.25) is 0 Å². The second-order valence-electron chi connectivity index (χ2n) is 4.91. The first-order valence-corrected chi connectivity index (χ1v) is 7.27. The molecule has 23 heavy (non-hydrogen) atoms. The number of anilines is 1. The number of nitrogens with one attached hydrogen (secondary N) is 2. The molecule has 3 aromatic rings. The SMILES string of the molecule is O=C(Nc1ccccn1)NC(c1ccccc1)c1ccccn1. The van der Waals surface area contributed by atoms with Crippen molar-refractivity contribution >= 4 is 11.8 Å². The van der Waals surface area contributed by atoms with Crippen LogP contribution in [0.2, 0.25) is 0 Å². The summed E-state index contributed by atoms with van der Waals surface area (Å²) in [5.41, 5.74) is 1.73. The average molecular weight is 304 g/mol. The van der Waals surface area contributed by atoms with Gasteiger partial charge in [-0.15, -0.1) is 0 Å². The van der Waals surface area contributed by atoms with Gasteiger partial charge in [-0.1, -0.05) is 42.5 Å². The summed E-state index contributed by atoms with van der Waals surface area (Å²) in [6, 6.07) is 20.0. The Kier molecular flexibility index (Phi) is 4.59. The molecule has 0 aliphatic heterocycles. The van der Waals surface area contributed by atoms with Crippen molar-refractivity contribution in [1.29, 1.82) is 0 Å². The molecule has 2 heterocycles. The molecule has 3 rings (SSSR count). The lowest BCUT2D eigenvalue weighted by molar-refractivity contribution is 0.250. The summed E-state index contributed by atoms with van der Waals surface area (Å²) in [5, 5.41) is 5.67. The van der Waals surface area contributed by atoms with Gasteiger partial charge >= 0.3 is 6.03 Å². The van der Waals surface area contributed by atoms with E-state index >= 15 is 0 Å². The maximum absolute atomic E-state index is 12.3. The molecule has 2 amide bonds. The van der Waals surface area contributed by atoms with Crippen molar-refractivity contribution in [1.82, 2.24) is 15.3 Å². The summed E-state index contributed by atoms with van der Waals surface area (Å²) in [7, 11) is 0. The molecule has 0 spiro atoms. The van der Waals surface area contributed by atoms with Crippen LogP contribution in [0.15, 0.2) is 79.1 Å². The van der Waals surface area contributed by atoms with Gasteiger partial charge in [0, 0.05) is 12.4 Å². The number of hydrogen-bond acceptors (Lipinski definition) is 3. The van der Waals surface area contributed by atoms with Crippen molar-refractivity contribution < 1.29 is 4.79 Å². The topological polar surface area (TPSA) is 66.9 Å². The minimum absolute atomic E-state index is 0.330. The Morgan fingerprint density at radius 1 is 0.826 bits per heavy atom. The zero-order valence-corrected chi connectivity index (χ0v) is 12.4. The Balaban J connectivity index is 1.81. The van der Waals surface area contributed by atoms with Crippen LogP contribution in [-0.4, -0.2) is 16.0 Å². The highest BCUT2D eigenvalue weighted by Crippen LogP contribution is 2.20. The number of urea groups is 1. The fourth-order valence-corrected chi connectivity index (χ4v) is 2.24. The first kappa shape index (κ1) is 14.7. The molecule has 0 aliphatic rings. The third kappa shape index (κ3) is 3.91. The van der Waals surface area contributed by atoms with Crippen LogP contribution < -0.4 is 10.6 Å². The van der Waals surface area contributed by atoms with Crippen molar-refractivity contribution in [2.24, 2.45) is 0 Å². The molecular formula is C18H16N4O. The van der Waals surface area contributed by atoms with Crippen molar-refractivity contribution in [3.8, 4) is 0 Å². The highest BCUT2D eigenvalue weighted by Gasteiger charge is 2.17. The number of carbonyl (C=O) groups excluding carboxylic acids is 1. The largest absolute Gasteiger partial charge is 0.325 e. The lowest BCUT2D eigenvalue weighted by atomic mass is 10.0. The Labute approximate surface area is 134 Å². The maximum Gasteiger partial charge on any atom is 0.321 e. The highest BCUT2D eigenvalue weighted by atomic mass is 16.2. The van der Waals surface area contributed by atoms with Crippen LogP contribution >= 0.6 is 0 Å². The fourth-order valence-electron chi connectivity index (χ4n) is 2.24. The van der Waals surface area contributed by atoms with Gasteiger partial charge in [0.25, 0.3) is 0 Å². The van der Waals surface area contributed by atoms with Crippen LogP contribution in [0.5, 0.6) is 0 Å². The van der Waals surface area contributed by atoms with E-state index in [1.165, 1.54) is 0 Å². The van der Waals surface area contributed by atoms with Gasteiger partial charge in [-0.2, -0.15) is 0 Å². The van der Waals surface area contributed by atoms with E-state index in [4.69, 9.17) is 0 Å². The Bertz CT molecular complexity index is 708. The number of pyridine rings is 2. The second-order valence-corrected chi connectivity index (χ2v) is 4.91. The van der Waals surface area contributed by atoms with Gasteiger partial charge in [0.1, 0.15) is 5.82 Å². The fraction of sp³-hybridized carbons (Fsp3) is 0.0556. The number of nitrogens with zero attached hydrogens (tertiary/aromatic N) is 2. The zero-order chi connectivity index (χ0) is 15.9. The number of carbonyl (C=O) groups is 1. The smallest absolute Gasteiger partial charge is 0.321 e. The van der Waals surface area contributed by atoms with Crippen LogP contribution in [0, 0.1) is 0 Å². The molecule has 0 saturated carbocycles. The van der Waals surface area contributed by atoms with E-state index in [1.807, 2.05) is 54.6 Å². The Morgan fingerprint density at radius 3 is 2.17 bits per heavy atom. The molecule has 2 N–H and O–H groups in total. The molecule has 1 unspecified atom stereocenters. The first-order chi connectivity index (χ1) is 11.3. The van der Waals surface area contributed by atoms with E-state index < -0.39 is 0 Å². The van der Waals surface area contributed by atoms with E-state index in [9.17, 15) is 4.79 Å². The summed E-state index contributed by atoms with van der Waals surface area (Å²) < 4.78 is 0. The molecule has 0 fully saturated rings. The van der Waals surface area contributed by atoms with Crippen molar-refractivity contribution in [2.45, 2.75) is 6.04 Å². The lowest BCUT2D eigenvalue weighted by Gasteiger charge is -2.19. The van der Waals surface area contributed by atoms with Crippen LogP contribution in [0.4, 0.5) is 10.6 Å². The number of amides is 2. The molecule has 2 aromatic heterocycles. The molecule has 0 aliphatic carbocycles. The van der Waals surface area contributed by atoms with Gasteiger partial charge in [-0.05, 0) is 29.8 Å². The van der Waals surface area contributed by atoms with E-state index in [-0.39, 0.29) is 12.1 Å². The van der Waals surface area contributed by atoms with Gasteiger partial charge in [0.05, 0.1) is 11.7 Å². The lowest BCUT2D eigenvalue weighted by Crippen LogP contribution is -2.33. The van der Waals surface area contributed by atoms with E-state index in [0.29, 0.717) is 5.82 Å². The molecule has 0 bridgehead atoms. The van der Waals surface area contributed by atoms with Gasteiger partial charge in [0.15, 0.2) is 0 Å². The quantitative estimate of drug-likeness (QED) is 0.776. The molecule has 1 aromatic carbocycles. The number of rotatable bonds is 4. The maximum atomic E-state index is 12.3. The van der Waals surface area contributed by atoms with Crippen molar-refractivity contribution in [3.63, 3.8) is 0 Å². The summed E-state index contributed by atoms with van der Waals surface area (Å²) >= 11 is 0. The summed E-state index contributed by atoms with van der Waals surface area (Å²) in [6.07, 6.45) is 3.34. The molecule has 114 valence electrons. The first-order valence-electron chi connectivity index (χ1n) is 7.27. The Morgan fingerprint density at radius 2 is 1.52 bits per heavy atom. The summed E-state index contributed by atoms with van der Waals surface area (Å²) in [5.74, 6) is 0.498. The average Bonchev–Trinajstić information content (AvgIpc) is 2.62. The molecule has 0 saturated heterocycles. The zero-order valence-electron chi connectivity index (χ0n) is 12.4. The molecule has 5 nitrogen and oxygen atoms in total. The standard InChI is InChI=1S/C18H16N4O/c23-18(21-16-11-5-7-13-20-16)22-17(14-8-2-1-3-9-14)15-10-4-6-12-19-15/h1-13,17H,(H2,20,21,22,23).